The predicted molar refractivity (Wildman–Crippen MR) is 50.2 cm³/mol. The quantitative estimate of drug-likeness (QED) is 0.629. The molecule has 0 bridgehead atoms. The summed E-state index contributed by atoms with van der Waals surface area (Å²) in [4.78, 5) is 2.43. The third-order valence-electron chi connectivity index (χ3n) is 2.39. The second kappa shape index (κ2) is 5.51. The fourth-order valence-electron chi connectivity index (χ4n) is 1.60. The van der Waals surface area contributed by atoms with Gasteiger partial charge in [0.15, 0.2) is 0 Å². The van der Waals surface area contributed by atoms with Gasteiger partial charge in [0, 0.05) is 25.7 Å². The molecule has 3 heteroatoms. The lowest BCUT2D eigenvalue weighted by Gasteiger charge is -2.32. The molecule has 72 valence electrons. The van der Waals surface area contributed by atoms with E-state index in [1.54, 1.807) is 0 Å². The minimum atomic E-state index is 0.266. The Morgan fingerprint density at radius 1 is 1.58 bits per heavy atom. The molecule has 0 aromatic heterocycles. The van der Waals surface area contributed by atoms with Gasteiger partial charge in [0.05, 0.1) is 6.61 Å². The lowest BCUT2D eigenvalue weighted by atomic mass is 10.2. The zero-order chi connectivity index (χ0) is 8.81. The standard InChI is InChI=1S/C9H20N2O/c1-2-3-5-11-6-4-10-9(7-11)8-12/h9-10,12H,2-8H2,1H3. The van der Waals surface area contributed by atoms with Crippen molar-refractivity contribution in [3.63, 3.8) is 0 Å². The summed E-state index contributed by atoms with van der Waals surface area (Å²) in [7, 11) is 0. The number of hydrogen-bond donors (Lipinski definition) is 2. The molecule has 1 heterocycles. The Balaban J connectivity index is 2.16. The first kappa shape index (κ1) is 9.96. The van der Waals surface area contributed by atoms with Crippen LogP contribution in [0.2, 0.25) is 0 Å². The molecule has 2 N–H and O–H groups in total. The van der Waals surface area contributed by atoms with Crippen LogP contribution in [-0.4, -0.2) is 48.8 Å². The molecule has 1 unspecified atom stereocenters. The number of aliphatic hydroxyl groups excluding tert-OH is 1. The molecule has 0 saturated carbocycles. The van der Waals surface area contributed by atoms with Crippen molar-refractivity contribution in [2.45, 2.75) is 25.8 Å². The van der Waals surface area contributed by atoms with E-state index in [1.165, 1.54) is 19.4 Å². The van der Waals surface area contributed by atoms with E-state index in [9.17, 15) is 0 Å². The van der Waals surface area contributed by atoms with Crippen LogP contribution in [0.1, 0.15) is 19.8 Å². The lowest BCUT2D eigenvalue weighted by molar-refractivity contribution is 0.147. The van der Waals surface area contributed by atoms with Crippen LogP contribution in [0.4, 0.5) is 0 Å². The molecule has 0 aromatic carbocycles. The minimum Gasteiger partial charge on any atom is -0.395 e. The van der Waals surface area contributed by atoms with Gasteiger partial charge < -0.3 is 15.3 Å². The number of rotatable bonds is 4. The van der Waals surface area contributed by atoms with E-state index in [-0.39, 0.29) is 6.61 Å². The first-order valence-electron chi connectivity index (χ1n) is 4.93. The molecule has 0 aromatic rings. The molecule has 1 atom stereocenters. The largest absolute Gasteiger partial charge is 0.395 e. The van der Waals surface area contributed by atoms with Crippen molar-refractivity contribution in [2.75, 3.05) is 32.8 Å². The number of nitrogens with zero attached hydrogens (tertiary/aromatic N) is 1. The van der Waals surface area contributed by atoms with E-state index >= 15 is 0 Å². The molecule has 0 spiro atoms. The SMILES string of the molecule is CCCCN1CCNC(CO)C1. The molecule has 0 aliphatic carbocycles. The molecule has 0 radical (unpaired) electrons. The third kappa shape index (κ3) is 3.09. The highest BCUT2D eigenvalue weighted by Crippen LogP contribution is 2.00. The Kier molecular flexibility index (Phi) is 4.58. The van der Waals surface area contributed by atoms with Crippen LogP contribution in [0.3, 0.4) is 0 Å². The summed E-state index contributed by atoms with van der Waals surface area (Å²) >= 11 is 0. The maximum atomic E-state index is 8.95. The van der Waals surface area contributed by atoms with E-state index in [2.05, 4.69) is 17.1 Å². The summed E-state index contributed by atoms with van der Waals surface area (Å²) in [5.74, 6) is 0. The highest BCUT2D eigenvalue weighted by Gasteiger charge is 2.17. The summed E-state index contributed by atoms with van der Waals surface area (Å²) in [6.45, 7) is 6.84. The van der Waals surface area contributed by atoms with Gasteiger partial charge >= 0.3 is 0 Å². The van der Waals surface area contributed by atoms with Crippen molar-refractivity contribution in [3.8, 4) is 0 Å². The van der Waals surface area contributed by atoms with Crippen LogP contribution in [0.15, 0.2) is 0 Å². The molecular formula is C9H20N2O. The molecule has 1 rings (SSSR count). The Morgan fingerprint density at radius 3 is 3.08 bits per heavy atom. The lowest BCUT2D eigenvalue weighted by Crippen LogP contribution is -2.52. The number of unbranched alkanes of at least 4 members (excludes halogenated alkanes) is 1. The van der Waals surface area contributed by atoms with Gasteiger partial charge in [-0.15, -0.1) is 0 Å². The summed E-state index contributed by atoms with van der Waals surface area (Å²) in [6.07, 6.45) is 2.53. The number of piperazine rings is 1. The summed E-state index contributed by atoms with van der Waals surface area (Å²) in [5.41, 5.74) is 0. The van der Waals surface area contributed by atoms with E-state index in [4.69, 9.17) is 5.11 Å². The number of aliphatic hydroxyl groups is 1. The van der Waals surface area contributed by atoms with Crippen molar-refractivity contribution in [3.05, 3.63) is 0 Å². The Morgan fingerprint density at radius 2 is 2.42 bits per heavy atom. The molecule has 3 nitrogen and oxygen atoms in total. The maximum absolute atomic E-state index is 8.95. The van der Waals surface area contributed by atoms with Gasteiger partial charge in [-0.1, -0.05) is 13.3 Å². The Labute approximate surface area is 74.8 Å². The average Bonchev–Trinajstić information content (AvgIpc) is 2.15. The van der Waals surface area contributed by atoms with Crippen molar-refractivity contribution < 1.29 is 5.11 Å². The van der Waals surface area contributed by atoms with Gasteiger partial charge in [0.2, 0.25) is 0 Å². The fraction of sp³-hybridized carbons (Fsp3) is 1.00. The summed E-state index contributed by atoms with van der Waals surface area (Å²) in [5, 5.41) is 12.2. The fourth-order valence-corrected chi connectivity index (χ4v) is 1.60. The molecule has 1 saturated heterocycles. The molecule has 1 aliphatic heterocycles. The van der Waals surface area contributed by atoms with E-state index in [1.807, 2.05) is 0 Å². The molecular weight excluding hydrogens is 152 g/mol. The van der Waals surface area contributed by atoms with Gasteiger partial charge in [-0.3, -0.25) is 0 Å². The summed E-state index contributed by atoms with van der Waals surface area (Å²) < 4.78 is 0. The second-order valence-corrected chi connectivity index (χ2v) is 3.49. The van der Waals surface area contributed by atoms with Gasteiger partial charge in [-0.2, -0.15) is 0 Å². The molecule has 0 amide bonds. The smallest absolute Gasteiger partial charge is 0.0597 e. The Bertz CT molecular complexity index is 119. The van der Waals surface area contributed by atoms with Gasteiger partial charge in [-0.25, -0.2) is 0 Å². The molecule has 1 fully saturated rings. The summed E-state index contributed by atoms with van der Waals surface area (Å²) in [6, 6.07) is 0.301. The zero-order valence-electron chi connectivity index (χ0n) is 7.92. The van der Waals surface area contributed by atoms with Crippen molar-refractivity contribution in [1.82, 2.24) is 10.2 Å². The van der Waals surface area contributed by atoms with Crippen LogP contribution in [0.25, 0.3) is 0 Å². The first-order chi connectivity index (χ1) is 5.86. The molecule has 1 aliphatic rings. The van der Waals surface area contributed by atoms with E-state index in [0.717, 1.165) is 19.6 Å². The second-order valence-electron chi connectivity index (χ2n) is 3.49. The third-order valence-corrected chi connectivity index (χ3v) is 2.39. The monoisotopic (exact) mass is 172 g/mol. The topological polar surface area (TPSA) is 35.5 Å². The highest BCUT2D eigenvalue weighted by atomic mass is 16.3. The van der Waals surface area contributed by atoms with E-state index < -0.39 is 0 Å². The van der Waals surface area contributed by atoms with Crippen LogP contribution >= 0.6 is 0 Å². The normalized spacial score (nSPS) is 26.0. The van der Waals surface area contributed by atoms with Crippen molar-refractivity contribution in [2.24, 2.45) is 0 Å². The van der Waals surface area contributed by atoms with Gasteiger partial charge in [-0.05, 0) is 13.0 Å². The maximum Gasteiger partial charge on any atom is 0.0597 e. The number of hydrogen-bond acceptors (Lipinski definition) is 3. The van der Waals surface area contributed by atoms with Crippen molar-refractivity contribution in [1.29, 1.82) is 0 Å². The highest BCUT2D eigenvalue weighted by molar-refractivity contribution is 4.77. The average molecular weight is 172 g/mol. The Hall–Kier alpha value is -0.120. The zero-order valence-corrected chi connectivity index (χ0v) is 7.92. The van der Waals surface area contributed by atoms with Crippen LogP contribution < -0.4 is 5.32 Å². The van der Waals surface area contributed by atoms with Crippen molar-refractivity contribution >= 4 is 0 Å². The minimum absolute atomic E-state index is 0.266. The first-order valence-corrected chi connectivity index (χ1v) is 4.93. The van der Waals surface area contributed by atoms with Gasteiger partial charge in [0.1, 0.15) is 0 Å². The van der Waals surface area contributed by atoms with Crippen LogP contribution in [0, 0.1) is 0 Å². The van der Waals surface area contributed by atoms with Gasteiger partial charge in [0.25, 0.3) is 0 Å². The molecule has 12 heavy (non-hydrogen) atoms. The van der Waals surface area contributed by atoms with E-state index in [0.29, 0.717) is 6.04 Å². The van der Waals surface area contributed by atoms with Crippen LogP contribution in [-0.2, 0) is 0 Å². The van der Waals surface area contributed by atoms with Crippen LogP contribution in [0.5, 0.6) is 0 Å². The number of nitrogens with one attached hydrogen (secondary N) is 1. The predicted octanol–water partition coefficient (Wildman–Crippen LogP) is 0.0526.